The summed E-state index contributed by atoms with van der Waals surface area (Å²) < 4.78 is 20.9. The number of dihydropyridines is 1. The molecule has 1 aromatic carbocycles. The van der Waals surface area contributed by atoms with Crippen LogP contribution >= 0.6 is 0 Å². The summed E-state index contributed by atoms with van der Waals surface area (Å²) in [5.74, 6) is -2.63. The van der Waals surface area contributed by atoms with E-state index >= 15 is 0 Å². The number of methoxy groups -OCH3 is 2. The molecule has 0 aromatic heterocycles. The van der Waals surface area contributed by atoms with Gasteiger partial charge in [-0.15, -0.1) is 0 Å². The van der Waals surface area contributed by atoms with Crippen molar-refractivity contribution in [2.75, 3.05) is 34.0 Å². The van der Waals surface area contributed by atoms with Crippen LogP contribution in [-0.2, 0) is 28.6 Å². The van der Waals surface area contributed by atoms with Crippen LogP contribution in [-0.4, -0.2) is 51.8 Å². The highest BCUT2D eigenvalue weighted by atomic mass is 16.6. The van der Waals surface area contributed by atoms with Crippen molar-refractivity contribution in [1.82, 2.24) is 5.32 Å². The molecule has 0 spiro atoms. The summed E-state index contributed by atoms with van der Waals surface area (Å²) in [7, 11) is 2.84. The number of rotatable bonds is 8. The first-order chi connectivity index (χ1) is 15.8. The summed E-state index contributed by atoms with van der Waals surface area (Å²) in [5.41, 5.74) is 2.80. The van der Waals surface area contributed by atoms with E-state index in [1.165, 1.54) is 7.11 Å². The molecule has 0 radical (unpaired) electrons. The van der Waals surface area contributed by atoms with Crippen molar-refractivity contribution in [2.24, 2.45) is 11.8 Å². The molecule has 0 fully saturated rings. The number of ether oxygens (including phenoxy) is 4. The molecule has 1 heterocycles. The number of allylic oxidation sites excluding steroid dienone is 3. The highest BCUT2D eigenvalue weighted by Gasteiger charge is 2.47. The largest absolute Gasteiger partial charge is 0.497 e. The normalized spacial score (nSPS) is 22.5. The molecule has 1 N–H and O–H groups in total. The molecule has 3 atom stereocenters. The molecule has 3 rings (SSSR count). The van der Waals surface area contributed by atoms with Crippen LogP contribution in [0.25, 0.3) is 0 Å². The van der Waals surface area contributed by atoms with Crippen molar-refractivity contribution >= 4 is 17.7 Å². The van der Waals surface area contributed by atoms with E-state index in [-0.39, 0.29) is 24.9 Å². The maximum Gasteiger partial charge on any atom is 0.336 e. The van der Waals surface area contributed by atoms with Gasteiger partial charge in [-0.3, -0.25) is 9.59 Å². The maximum atomic E-state index is 13.6. The highest BCUT2D eigenvalue weighted by molar-refractivity contribution is 6.12. The molecule has 0 saturated heterocycles. The quantitative estimate of drug-likeness (QED) is 0.361. The Labute approximate surface area is 193 Å². The lowest BCUT2D eigenvalue weighted by molar-refractivity contribution is -0.151. The van der Waals surface area contributed by atoms with Crippen molar-refractivity contribution in [1.29, 1.82) is 0 Å². The van der Waals surface area contributed by atoms with Gasteiger partial charge in [0.15, 0.2) is 5.78 Å². The zero-order chi connectivity index (χ0) is 24.1. The standard InChI is InChI=1S/C25H31NO7/c1-6-32-11-12-33-25(29)20-15(3)26-18-13-14(2)19(24(28)31-5)23(27)22(18)21(20)16-7-9-17(30-4)10-8-16/h7-10,14,19,21,26H,6,11-13H2,1-5H3/t14-,19+,21+/m1/s1. The number of hydrogen-bond acceptors (Lipinski definition) is 8. The first-order valence-corrected chi connectivity index (χ1v) is 11.1. The van der Waals surface area contributed by atoms with Crippen LogP contribution in [0, 0.1) is 11.8 Å². The summed E-state index contributed by atoms with van der Waals surface area (Å²) in [6, 6.07) is 7.19. The van der Waals surface area contributed by atoms with Gasteiger partial charge in [-0.2, -0.15) is 0 Å². The molecule has 2 aliphatic rings. The van der Waals surface area contributed by atoms with Gasteiger partial charge < -0.3 is 24.3 Å². The molecule has 1 aliphatic heterocycles. The van der Waals surface area contributed by atoms with E-state index in [0.717, 1.165) is 11.3 Å². The number of Topliss-reactive ketones (excluding diaryl/α,β-unsaturated/α-hetero) is 1. The van der Waals surface area contributed by atoms with Gasteiger partial charge in [0, 0.05) is 29.5 Å². The Hall–Kier alpha value is -3.13. The van der Waals surface area contributed by atoms with E-state index in [4.69, 9.17) is 18.9 Å². The van der Waals surface area contributed by atoms with Crippen molar-refractivity contribution in [3.8, 4) is 5.75 Å². The molecular weight excluding hydrogens is 426 g/mol. The van der Waals surface area contributed by atoms with Gasteiger partial charge in [0.2, 0.25) is 0 Å². The Morgan fingerprint density at radius 2 is 1.82 bits per heavy atom. The smallest absolute Gasteiger partial charge is 0.336 e. The summed E-state index contributed by atoms with van der Waals surface area (Å²) in [4.78, 5) is 39.3. The third kappa shape index (κ3) is 4.95. The predicted molar refractivity (Wildman–Crippen MR) is 120 cm³/mol. The number of ketones is 1. The summed E-state index contributed by atoms with van der Waals surface area (Å²) in [6.07, 6.45) is 0.484. The van der Waals surface area contributed by atoms with Crippen LogP contribution in [0.1, 0.15) is 38.7 Å². The zero-order valence-corrected chi connectivity index (χ0v) is 19.7. The minimum atomic E-state index is -0.926. The third-order valence-electron chi connectivity index (χ3n) is 6.08. The molecule has 1 aromatic rings. The topological polar surface area (TPSA) is 100 Å². The minimum Gasteiger partial charge on any atom is -0.497 e. The molecule has 1 aliphatic carbocycles. The monoisotopic (exact) mass is 457 g/mol. The average Bonchev–Trinajstić information content (AvgIpc) is 2.80. The predicted octanol–water partition coefficient (Wildman–Crippen LogP) is 2.89. The number of carbonyl (C=O) groups is 3. The second kappa shape index (κ2) is 10.7. The van der Waals surface area contributed by atoms with Gasteiger partial charge in [-0.25, -0.2) is 4.79 Å². The minimum absolute atomic E-state index is 0.0977. The Morgan fingerprint density at radius 3 is 2.42 bits per heavy atom. The highest BCUT2D eigenvalue weighted by Crippen LogP contribution is 2.45. The van der Waals surface area contributed by atoms with Crippen LogP contribution in [0.4, 0.5) is 0 Å². The van der Waals surface area contributed by atoms with Crippen LogP contribution in [0.15, 0.2) is 46.8 Å². The van der Waals surface area contributed by atoms with E-state index in [0.29, 0.717) is 35.6 Å². The molecule has 0 amide bonds. The van der Waals surface area contributed by atoms with E-state index in [1.807, 2.05) is 26.0 Å². The number of esters is 2. The fourth-order valence-corrected chi connectivity index (χ4v) is 4.50. The van der Waals surface area contributed by atoms with Crippen LogP contribution < -0.4 is 10.1 Å². The third-order valence-corrected chi connectivity index (χ3v) is 6.08. The lowest BCUT2D eigenvalue weighted by atomic mass is 9.69. The van der Waals surface area contributed by atoms with Crippen molar-refractivity contribution in [3.05, 3.63) is 52.4 Å². The van der Waals surface area contributed by atoms with Crippen molar-refractivity contribution < 1.29 is 33.3 Å². The number of nitrogens with one attached hydrogen (secondary N) is 1. The Balaban J connectivity index is 2.06. The van der Waals surface area contributed by atoms with Crippen LogP contribution in [0.5, 0.6) is 5.75 Å². The first-order valence-electron chi connectivity index (χ1n) is 11.1. The van der Waals surface area contributed by atoms with Gasteiger partial charge in [-0.05, 0) is 43.9 Å². The lowest BCUT2D eigenvalue weighted by Crippen LogP contribution is -2.43. The van der Waals surface area contributed by atoms with Gasteiger partial charge in [0.1, 0.15) is 18.3 Å². The number of carbonyl (C=O) groups excluding carboxylic acids is 3. The molecule has 33 heavy (non-hydrogen) atoms. The molecular formula is C25H31NO7. The molecule has 0 saturated carbocycles. The molecule has 178 valence electrons. The van der Waals surface area contributed by atoms with E-state index < -0.39 is 23.8 Å². The Kier molecular flexibility index (Phi) is 7.92. The number of benzene rings is 1. The fourth-order valence-electron chi connectivity index (χ4n) is 4.50. The van der Waals surface area contributed by atoms with E-state index in [1.54, 1.807) is 26.2 Å². The summed E-state index contributed by atoms with van der Waals surface area (Å²) in [6.45, 7) is 6.41. The van der Waals surface area contributed by atoms with Crippen LogP contribution in [0.3, 0.4) is 0 Å². The second-order valence-electron chi connectivity index (χ2n) is 8.14. The Bertz CT molecular complexity index is 977. The van der Waals surface area contributed by atoms with Crippen molar-refractivity contribution in [3.63, 3.8) is 0 Å². The zero-order valence-electron chi connectivity index (χ0n) is 19.7. The average molecular weight is 458 g/mol. The van der Waals surface area contributed by atoms with E-state index in [9.17, 15) is 14.4 Å². The molecule has 0 bridgehead atoms. The van der Waals surface area contributed by atoms with Gasteiger partial charge >= 0.3 is 11.9 Å². The van der Waals surface area contributed by atoms with Gasteiger partial charge in [-0.1, -0.05) is 19.1 Å². The maximum absolute atomic E-state index is 13.6. The van der Waals surface area contributed by atoms with Gasteiger partial charge in [0.05, 0.1) is 26.4 Å². The van der Waals surface area contributed by atoms with Gasteiger partial charge in [0.25, 0.3) is 0 Å². The summed E-state index contributed by atoms with van der Waals surface area (Å²) >= 11 is 0. The first kappa shape index (κ1) is 24.5. The van der Waals surface area contributed by atoms with E-state index in [2.05, 4.69) is 5.32 Å². The molecule has 8 nitrogen and oxygen atoms in total. The lowest BCUT2D eigenvalue weighted by Gasteiger charge is -2.38. The molecule has 0 unspecified atom stereocenters. The summed E-state index contributed by atoms with van der Waals surface area (Å²) in [5, 5.41) is 3.24. The number of hydrogen-bond donors (Lipinski definition) is 1. The molecule has 8 heteroatoms. The van der Waals surface area contributed by atoms with Crippen LogP contribution in [0.2, 0.25) is 0 Å². The van der Waals surface area contributed by atoms with Crippen molar-refractivity contribution in [2.45, 2.75) is 33.1 Å². The SMILES string of the molecule is CCOCCOC(=O)C1=C(C)NC2=C(C(=O)[C@@H](C(=O)OC)[C@H](C)C2)[C@H]1c1ccc(OC)cc1. The second-order valence-corrected chi connectivity index (χ2v) is 8.14. The Morgan fingerprint density at radius 1 is 1.12 bits per heavy atom. The fraction of sp³-hybridized carbons (Fsp3) is 0.480.